The molecule has 1 unspecified atom stereocenters. The summed E-state index contributed by atoms with van der Waals surface area (Å²) in [6.07, 6.45) is 5.93. The standard InChI is InChI=1S/C55H44N4O12/c1-58(2)32-11-16-37-45(23-32)70-46-24-33(59(3)4)12-17-38(46)48(37)35-14-9-30(21-41(35)54(66)67)52(63)56-26-28-5-7-29(8-6-28)51(62)57-27-43-44(61)20-19-40-49(39-18-13-34(60)25-47(39)71-50(40)43)36-15-10-31(53(64)65)22-42(36)55(68)69/h5-25,32,60H,26-27H2,1-4H3,(H,56,63)(H,57,62)(H,64,65)(H,66,67)(H,68,69). The van der Waals surface area contributed by atoms with E-state index < -0.39 is 35.2 Å². The minimum atomic E-state index is -1.40. The van der Waals surface area contributed by atoms with Crippen molar-refractivity contribution < 1.29 is 53.6 Å². The molecule has 9 rings (SSSR count). The number of benzene rings is 6. The number of nitrogens with zero attached hydrogens (tertiary/aromatic N) is 2. The lowest BCUT2D eigenvalue weighted by atomic mass is 9.84. The van der Waals surface area contributed by atoms with Crippen LogP contribution in [0.5, 0.6) is 11.5 Å². The molecule has 2 amide bonds. The van der Waals surface area contributed by atoms with E-state index in [2.05, 4.69) is 10.6 Å². The molecule has 5 aromatic rings. The molecule has 0 fully saturated rings. The van der Waals surface area contributed by atoms with Crippen molar-refractivity contribution in [1.82, 2.24) is 15.5 Å². The molecule has 0 saturated carbocycles. The molecule has 356 valence electrons. The van der Waals surface area contributed by atoms with Crippen LogP contribution in [0.25, 0.3) is 39.0 Å². The highest BCUT2D eigenvalue weighted by atomic mass is 16.5. The Bertz CT molecular complexity index is 3530. The monoisotopic (exact) mass is 952 g/mol. The highest BCUT2D eigenvalue weighted by molar-refractivity contribution is 6.09. The summed E-state index contributed by atoms with van der Waals surface area (Å²) in [5.74, 6) is -4.01. The van der Waals surface area contributed by atoms with Crippen molar-refractivity contribution in [3.8, 4) is 33.9 Å². The number of phenols is 1. The van der Waals surface area contributed by atoms with Crippen molar-refractivity contribution in [1.29, 1.82) is 0 Å². The number of aromatic hydroxyl groups is 1. The Morgan fingerprint density at radius 3 is 1.99 bits per heavy atom. The molecule has 0 aromatic heterocycles. The number of phenolic OH excluding ortho intramolecular Hbond substituents is 1. The van der Waals surface area contributed by atoms with Crippen molar-refractivity contribution >= 4 is 52.0 Å². The molecular formula is C55H44N4O12. The lowest BCUT2D eigenvalue weighted by molar-refractivity contribution is 0.0682. The molecule has 1 atom stereocenters. The predicted molar refractivity (Wildman–Crippen MR) is 264 cm³/mol. The minimum absolute atomic E-state index is 0.0111. The van der Waals surface area contributed by atoms with Crippen LogP contribution in [-0.4, -0.2) is 89.3 Å². The topological polar surface area (TPSA) is 236 Å². The van der Waals surface area contributed by atoms with E-state index in [-0.39, 0.29) is 75.2 Å². The third-order valence-corrected chi connectivity index (χ3v) is 12.5. The quantitative estimate of drug-likeness (QED) is 0.0604. The Morgan fingerprint density at radius 2 is 1.28 bits per heavy atom. The Balaban J connectivity index is 0.928. The average Bonchev–Trinajstić information content (AvgIpc) is 3.35. The number of anilines is 1. The van der Waals surface area contributed by atoms with Crippen molar-refractivity contribution in [2.24, 2.45) is 0 Å². The van der Waals surface area contributed by atoms with Crippen LogP contribution in [0.3, 0.4) is 0 Å². The summed E-state index contributed by atoms with van der Waals surface area (Å²) in [5.41, 5.74) is 4.08. The summed E-state index contributed by atoms with van der Waals surface area (Å²) in [6, 6.07) is 27.2. The van der Waals surface area contributed by atoms with E-state index in [1.807, 2.05) is 74.4 Å². The number of carbonyl (C=O) groups is 5. The zero-order valence-corrected chi connectivity index (χ0v) is 38.6. The maximum absolute atomic E-state index is 13.6. The second kappa shape index (κ2) is 18.7. The van der Waals surface area contributed by atoms with Crippen LogP contribution < -0.4 is 25.7 Å². The molecule has 6 N–H and O–H groups in total. The number of rotatable bonds is 13. The van der Waals surface area contributed by atoms with E-state index in [1.165, 1.54) is 60.7 Å². The molecule has 5 aromatic carbocycles. The lowest BCUT2D eigenvalue weighted by Crippen LogP contribution is -2.27. The van der Waals surface area contributed by atoms with E-state index in [4.69, 9.17) is 9.15 Å². The smallest absolute Gasteiger partial charge is 0.336 e. The van der Waals surface area contributed by atoms with Crippen molar-refractivity contribution in [3.63, 3.8) is 0 Å². The highest BCUT2D eigenvalue weighted by Crippen LogP contribution is 2.46. The fraction of sp³-hybridized carbons (Fsp3) is 0.127. The molecule has 0 bridgehead atoms. The van der Waals surface area contributed by atoms with Crippen molar-refractivity contribution in [2.75, 3.05) is 33.1 Å². The van der Waals surface area contributed by atoms with Gasteiger partial charge in [-0.2, -0.15) is 0 Å². The van der Waals surface area contributed by atoms with Gasteiger partial charge in [-0.15, -0.1) is 0 Å². The normalized spacial score (nSPS) is 13.8. The summed E-state index contributed by atoms with van der Waals surface area (Å²) in [5, 5.41) is 46.5. The first-order valence-electron chi connectivity index (χ1n) is 22.1. The number of aromatic carboxylic acids is 3. The van der Waals surface area contributed by atoms with Crippen molar-refractivity contribution in [3.05, 3.63) is 199 Å². The molecular weight excluding hydrogens is 909 g/mol. The largest absolute Gasteiger partial charge is 0.508 e. The van der Waals surface area contributed by atoms with Gasteiger partial charge in [0, 0.05) is 88.9 Å². The first kappa shape index (κ1) is 46.8. The Labute approximate surface area is 405 Å². The zero-order chi connectivity index (χ0) is 50.4. The Morgan fingerprint density at radius 1 is 0.648 bits per heavy atom. The number of ether oxygens (including phenoxy) is 1. The van der Waals surface area contributed by atoms with Crippen LogP contribution in [0.15, 0.2) is 148 Å². The maximum Gasteiger partial charge on any atom is 0.336 e. The minimum Gasteiger partial charge on any atom is -0.508 e. The van der Waals surface area contributed by atoms with Gasteiger partial charge >= 0.3 is 17.9 Å². The Kier molecular flexibility index (Phi) is 12.3. The van der Waals surface area contributed by atoms with Gasteiger partial charge in [-0.3, -0.25) is 19.3 Å². The van der Waals surface area contributed by atoms with E-state index in [9.17, 15) is 49.2 Å². The fourth-order valence-electron chi connectivity index (χ4n) is 8.75. The second-order valence-electron chi connectivity index (χ2n) is 17.4. The van der Waals surface area contributed by atoms with Crippen molar-refractivity contribution in [2.45, 2.75) is 19.1 Å². The van der Waals surface area contributed by atoms with E-state index in [1.54, 1.807) is 24.3 Å². The number of amides is 2. The molecule has 2 aliphatic carbocycles. The second-order valence-corrected chi connectivity index (χ2v) is 17.4. The lowest BCUT2D eigenvalue weighted by Gasteiger charge is -2.31. The van der Waals surface area contributed by atoms with Gasteiger partial charge in [-0.05, 0) is 110 Å². The number of carboxylic acid groups (broad SMARTS) is 3. The first-order valence-corrected chi connectivity index (χ1v) is 22.1. The van der Waals surface area contributed by atoms with Gasteiger partial charge in [0.2, 0.25) is 0 Å². The summed E-state index contributed by atoms with van der Waals surface area (Å²) in [6.45, 7) is -0.278. The summed E-state index contributed by atoms with van der Waals surface area (Å²) >= 11 is 0. The van der Waals surface area contributed by atoms with Crippen LogP contribution in [0.4, 0.5) is 5.69 Å². The third-order valence-electron chi connectivity index (χ3n) is 12.5. The van der Waals surface area contributed by atoms with Gasteiger partial charge in [0.1, 0.15) is 28.6 Å². The van der Waals surface area contributed by atoms with E-state index in [0.29, 0.717) is 50.3 Å². The highest BCUT2D eigenvalue weighted by Gasteiger charge is 2.31. The summed E-state index contributed by atoms with van der Waals surface area (Å²) in [7, 11) is 7.74. The molecule has 2 aliphatic heterocycles. The van der Waals surface area contributed by atoms with Gasteiger partial charge in [0.15, 0.2) is 5.43 Å². The molecule has 0 saturated heterocycles. The number of nitrogens with one attached hydrogen (secondary N) is 2. The molecule has 16 heteroatoms. The van der Waals surface area contributed by atoms with Crippen LogP contribution in [-0.2, 0) is 13.1 Å². The van der Waals surface area contributed by atoms with E-state index in [0.717, 1.165) is 17.3 Å². The fourth-order valence-corrected chi connectivity index (χ4v) is 8.75. The number of hydrogen-bond donors (Lipinski definition) is 6. The summed E-state index contributed by atoms with van der Waals surface area (Å²) < 4.78 is 12.6. The number of likely N-dealkylation sites (N-methyl/N-ethyl adjacent to an activating group) is 1. The number of carbonyl (C=O) groups excluding carboxylic acids is 2. The first-order chi connectivity index (χ1) is 34.0. The molecule has 0 spiro atoms. The van der Waals surface area contributed by atoms with Crippen LogP contribution in [0, 0.1) is 0 Å². The third kappa shape index (κ3) is 8.98. The number of hydrogen-bond acceptors (Lipinski definition) is 11. The van der Waals surface area contributed by atoms with Gasteiger partial charge in [0.05, 0.1) is 28.8 Å². The molecule has 4 aliphatic rings. The van der Waals surface area contributed by atoms with Gasteiger partial charge in [-0.1, -0.05) is 36.4 Å². The average molecular weight is 953 g/mol. The number of fused-ring (bicyclic) bond motifs is 4. The summed E-state index contributed by atoms with van der Waals surface area (Å²) in [4.78, 5) is 81.6. The Hall–Kier alpha value is -9.28. The van der Waals surface area contributed by atoms with Crippen LogP contribution >= 0.6 is 0 Å². The molecule has 16 nitrogen and oxygen atoms in total. The maximum atomic E-state index is 13.6. The number of allylic oxidation sites excluding steroid dienone is 1. The molecule has 71 heavy (non-hydrogen) atoms. The molecule has 0 radical (unpaired) electrons. The van der Waals surface area contributed by atoms with Crippen LogP contribution in [0.2, 0.25) is 0 Å². The van der Waals surface area contributed by atoms with Crippen LogP contribution in [0.1, 0.15) is 74.0 Å². The van der Waals surface area contributed by atoms with Gasteiger partial charge in [0.25, 0.3) is 11.8 Å². The van der Waals surface area contributed by atoms with Gasteiger partial charge < -0.3 is 45.1 Å². The molecule has 2 heterocycles. The zero-order valence-electron chi connectivity index (χ0n) is 38.6. The van der Waals surface area contributed by atoms with E-state index >= 15 is 0 Å². The SMILES string of the molecule is CN(C)c1ccc2c(c1)OC1=CC(N(C)C)C=CC1=C2c1ccc(C(=O)NCc2ccc(C(=O)NCc3c4oc5cc(O)ccc5c(-c5ccc(C(=O)O)cc5C(=O)O)c-4ccc3=O)cc2)cc1C(=O)O. The number of carboxylic acids is 3. The van der Waals surface area contributed by atoms with Gasteiger partial charge in [-0.25, -0.2) is 14.4 Å². The predicted octanol–water partition coefficient (Wildman–Crippen LogP) is 7.87.